The van der Waals surface area contributed by atoms with Crippen molar-refractivity contribution in [3.8, 4) is 22.8 Å². The Hall–Kier alpha value is -3.71. The van der Waals surface area contributed by atoms with E-state index in [1.165, 1.54) is 0 Å². The van der Waals surface area contributed by atoms with E-state index in [0.717, 1.165) is 40.4 Å². The highest BCUT2D eigenvalue weighted by molar-refractivity contribution is 5.59. The Morgan fingerprint density at radius 3 is 2.61 bits per heavy atom. The molecule has 0 spiro atoms. The molecule has 3 N–H and O–H groups in total. The number of fused-ring (bicyclic) bond motifs is 1. The van der Waals surface area contributed by atoms with Gasteiger partial charge in [0.1, 0.15) is 11.6 Å². The molecule has 0 aliphatic carbocycles. The molecule has 2 aromatic carbocycles. The molecule has 1 aliphatic rings. The van der Waals surface area contributed by atoms with Crippen LogP contribution in [0.1, 0.15) is 22.7 Å². The SMILES string of the molecule is Cc1oc(-c2ccccc2)nc1CN1CCc2nc(-c3ccc(N)cc3)[nH]c(=O)c2C1. The fraction of sp³-hybridized carbons (Fsp3) is 0.208. The summed E-state index contributed by atoms with van der Waals surface area (Å²) in [6.07, 6.45) is 0.712. The summed E-state index contributed by atoms with van der Waals surface area (Å²) in [5, 5.41) is 0. The number of benzene rings is 2. The first-order valence-corrected chi connectivity index (χ1v) is 10.3. The Balaban J connectivity index is 1.36. The van der Waals surface area contributed by atoms with Crippen molar-refractivity contribution in [2.45, 2.75) is 26.4 Å². The molecule has 0 bridgehead atoms. The Morgan fingerprint density at radius 1 is 1.06 bits per heavy atom. The first-order valence-electron chi connectivity index (χ1n) is 10.3. The second-order valence-corrected chi connectivity index (χ2v) is 7.81. The van der Waals surface area contributed by atoms with Gasteiger partial charge in [0.25, 0.3) is 5.56 Å². The van der Waals surface area contributed by atoms with Crippen molar-refractivity contribution in [1.82, 2.24) is 19.9 Å². The molecule has 0 radical (unpaired) electrons. The maximum absolute atomic E-state index is 12.8. The number of nitrogens with zero attached hydrogens (tertiary/aromatic N) is 3. The summed E-state index contributed by atoms with van der Waals surface area (Å²) in [6, 6.07) is 17.2. The number of rotatable bonds is 4. The zero-order valence-corrected chi connectivity index (χ0v) is 17.3. The van der Waals surface area contributed by atoms with E-state index in [9.17, 15) is 4.79 Å². The monoisotopic (exact) mass is 413 g/mol. The van der Waals surface area contributed by atoms with Gasteiger partial charge in [0, 0.05) is 42.9 Å². The summed E-state index contributed by atoms with van der Waals surface area (Å²) in [7, 11) is 0. The Bertz CT molecular complexity index is 1280. The molecule has 156 valence electrons. The largest absolute Gasteiger partial charge is 0.441 e. The van der Waals surface area contributed by atoms with Gasteiger partial charge < -0.3 is 15.1 Å². The molecular weight excluding hydrogens is 390 g/mol. The van der Waals surface area contributed by atoms with Gasteiger partial charge in [0.2, 0.25) is 5.89 Å². The van der Waals surface area contributed by atoms with E-state index >= 15 is 0 Å². The van der Waals surface area contributed by atoms with Crippen LogP contribution < -0.4 is 11.3 Å². The van der Waals surface area contributed by atoms with E-state index in [1.54, 1.807) is 12.1 Å². The first kappa shape index (κ1) is 19.3. The third-order valence-corrected chi connectivity index (χ3v) is 5.62. The minimum absolute atomic E-state index is 0.0941. The number of aryl methyl sites for hydroxylation is 1. The number of aromatic amines is 1. The lowest BCUT2D eigenvalue weighted by molar-refractivity contribution is 0.238. The summed E-state index contributed by atoms with van der Waals surface area (Å²) >= 11 is 0. The second kappa shape index (κ2) is 7.85. The molecule has 5 rings (SSSR count). The zero-order chi connectivity index (χ0) is 21.4. The molecule has 0 atom stereocenters. The molecular formula is C24H23N5O2. The molecule has 0 amide bonds. The second-order valence-electron chi connectivity index (χ2n) is 7.81. The molecule has 1 aliphatic heterocycles. The topological polar surface area (TPSA) is 101 Å². The van der Waals surface area contributed by atoms with Gasteiger partial charge in [0.15, 0.2) is 0 Å². The number of nitrogens with two attached hydrogens (primary N) is 1. The van der Waals surface area contributed by atoms with Crippen molar-refractivity contribution >= 4 is 5.69 Å². The van der Waals surface area contributed by atoms with Crippen molar-refractivity contribution in [2.24, 2.45) is 0 Å². The van der Waals surface area contributed by atoms with Gasteiger partial charge in [-0.05, 0) is 43.3 Å². The number of anilines is 1. The minimum atomic E-state index is -0.0941. The van der Waals surface area contributed by atoms with E-state index in [2.05, 4.69) is 9.88 Å². The van der Waals surface area contributed by atoms with Crippen LogP contribution in [-0.4, -0.2) is 26.4 Å². The Labute approximate surface area is 179 Å². The number of hydrogen-bond acceptors (Lipinski definition) is 6. The highest BCUT2D eigenvalue weighted by atomic mass is 16.4. The highest BCUT2D eigenvalue weighted by Gasteiger charge is 2.23. The van der Waals surface area contributed by atoms with Gasteiger partial charge in [-0.25, -0.2) is 9.97 Å². The van der Waals surface area contributed by atoms with Crippen molar-refractivity contribution in [3.63, 3.8) is 0 Å². The van der Waals surface area contributed by atoms with Gasteiger partial charge in [0.05, 0.1) is 17.0 Å². The van der Waals surface area contributed by atoms with Gasteiger partial charge in [-0.15, -0.1) is 0 Å². The van der Waals surface area contributed by atoms with E-state index in [1.807, 2.05) is 49.4 Å². The molecule has 31 heavy (non-hydrogen) atoms. The van der Waals surface area contributed by atoms with Crippen LogP contribution in [0.15, 0.2) is 63.8 Å². The lowest BCUT2D eigenvalue weighted by atomic mass is 10.1. The lowest BCUT2D eigenvalue weighted by Crippen LogP contribution is -2.35. The number of H-pyrrole nitrogens is 1. The normalized spacial score (nSPS) is 13.8. The third-order valence-electron chi connectivity index (χ3n) is 5.62. The van der Waals surface area contributed by atoms with Crippen LogP contribution >= 0.6 is 0 Å². The molecule has 7 heteroatoms. The number of aromatic nitrogens is 3. The van der Waals surface area contributed by atoms with Crippen molar-refractivity contribution in [1.29, 1.82) is 0 Å². The minimum Gasteiger partial charge on any atom is -0.441 e. The standard InChI is InChI=1S/C24H23N5O2/c1-15-21(27-24(31-15)17-5-3-2-4-6-17)14-29-12-11-20-19(13-29)23(30)28-22(26-20)16-7-9-18(25)10-8-16/h2-10H,11-14,25H2,1H3,(H,26,28,30). The number of nitrogens with one attached hydrogen (secondary N) is 1. The van der Waals surface area contributed by atoms with Crippen LogP contribution in [0.4, 0.5) is 5.69 Å². The molecule has 2 aromatic heterocycles. The molecule has 0 saturated carbocycles. The summed E-state index contributed by atoms with van der Waals surface area (Å²) in [5.41, 5.74) is 10.6. The van der Waals surface area contributed by atoms with Crippen molar-refractivity contribution < 1.29 is 4.42 Å². The third kappa shape index (κ3) is 3.87. The number of nitrogen functional groups attached to an aromatic ring is 1. The van der Waals surface area contributed by atoms with Crippen LogP contribution in [0.5, 0.6) is 0 Å². The van der Waals surface area contributed by atoms with Crippen molar-refractivity contribution in [3.05, 3.63) is 87.7 Å². The van der Waals surface area contributed by atoms with Crippen LogP contribution in [-0.2, 0) is 19.5 Å². The van der Waals surface area contributed by atoms with Gasteiger partial charge in [-0.1, -0.05) is 18.2 Å². The fourth-order valence-electron chi connectivity index (χ4n) is 3.88. The predicted molar refractivity (Wildman–Crippen MR) is 119 cm³/mol. The molecule has 0 unspecified atom stereocenters. The highest BCUT2D eigenvalue weighted by Crippen LogP contribution is 2.24. The average molecular weight is 413 g/mol. The van der Waals surface area contributed by atoms with Gasteiger partial charge in [-0.2, -0.15) is 0 Å². The predicted octanol–water partition coefficient (Wildman–Crippen LogP) is 3.54. The quantitative estimate of drug-likeness (QED) is 0.496. The smallest absolute Gasteiger partial charge is 0.255 e. The van der Waals surface area contributed by atoms with Crippen LogP contribution in [0, 0.1) is 6.92 Å². The zero-order valence-electron chi connectivity index (χ0n) is 17.3. The van der Waals surface area contributed by atoms with E-state index in [0.29, 0.717) is 36.9 Å². The fourth-order valence-corrected chi connectivity index (χ4v) is 3.88. The van der Waals surface area contributed by atoms with Crippen LogP contribution in [0.2, 0.25) is 0 Å². The summed E-state index contributed by atoms with van der Waals surface area (Å²) in [6.45, 7) is 3.89. The van der Waals surface area contributed by atoms with E-state index in [4.69, 9.17) is 20.1 Å². The molecule has 7 nitrogen and oxygen atoms in total. The molecule has 0 fully saturated rings. The first-order chi connectivity index (χ1) is 15.1. The molecule has 3 heterocycles. The van der Waals surface area contributed by atoms with E-state index < -0.39 is 0 Å². The Morgan fingerprint density at radius 2 is 1.84 bits per heavy atom. The molecule has 4 aromatic rings. The number of hydrogen-bond donors (Lipinski definition) is 2. The average Bonchev–Trinajstić information content (AvgIpc) is 3.15. The van der Waals surface area contributed by atoms with Crippen molar-refractivity contribution in [2.75, 3.05) is 12.3 Å². The Kier molecular flexibility index (Phi) is 4.88. The van der Waals surface area contributed by atoms with Gasteiger partial charge >= 0.3 is 0 Å². The number of oxazole rings is 1. The maximum Gasteiger partial charge on any atom is 0.255 e. The van der Waals surface area contributed by atoms with Crippen LogP contribution in [0.25, 0.3) is 22.8 Å². The van der Waals surface area contributed by atoms with Crippen LogP contribution in [0.3, 0.4) is 0 Å². The lowest BCUT2D eigenvalue weighted by Gasteiger charge is -2.27. The molecule has 0 saturated heterocycles. The van der Waals surface area contributed by atoms with E-state index in [-0.39, 0.29) is 5.56 Å². The van der Waals surface area contributed by atoms with Gasteiger partial charge in [-0.3, -0.25) is 9.69 Å². The summed E-state index contributed by atoms with van der Waals surface area (Å²) in [5.74, 6) is 2.01. The maximum atomic E-state index is 12.8. The summed E-state index contributed by atoms with van der Waals surface area (Å²) < 4.78 is 5.88. The summed E-state index contributed by atoms with van der Waals surface area (Å²) in [4.78, 5) is 27.3.